The largest absolute Gasteiger partial charge is 0.495 e. The summed E-state index contributed by atoms with van der Waals surface area (Å²) in [6, 6.07) is 14.7. The quantitative estimate of drug-likeness (QED) is 0.795. The number of aromatic nitrogens is 1. The average Bonchev–Trinajstić information content (AvgIpc) is 2.60. The lowest BCUT2D eigenvalue weighted by Gasteiger charge is -2.15. The number of benzene rings is 2. The molecule has 0 aliphatic carbocycles. The van der Waals surface area contributed by atoms with Gasteiger partial charge in [0.05, 0.1) is 12.6 Å². The molecule has 1 aromatic heterocycles. The zero-order valence-electron chi connectivity index (χ0n) is 14.5. The van der Waals surface area contributed by atoms with Gasteiger partial charge in [-0.1, -0.05) is 30.3 Å². The van der Waals surface area contributed by atoms with Gasteiger partial charge >= 0.3 is 0 Å². The Bertz CT molecular complexity index is 1010. The number of carbonyl (C=O) groups is 1. The van der Waals surface area contributed by atoms with Crippen LogP contribution in [-0.2, 0) is 11.3 Å². The van der Waals surface area contributed by atoms with E-state index in [9.17, 15) is 9.59 Å². The molecule has 1 N–H and O–H groups in total. The molecule has 5 heteroatoms. The van der Waals surface area contributed by atoms with E-state index < -0.39 is 0 Å². The van der Waals surface area contributed by atoms with E-state index in [1.807, 2.05) is 50.2 Å². The molecular weight excluding hydrogens is 316 g/mol. The van der Waals surface area contributed by atoms with Crippen LogP contribution in [0.5, 0.6) is 5.75 Å². The van der Waals surface area contributed by atoms with Crippen LogP contribution in [0.25, 0.3) is 10.9 Å². The Morgan fingerprint density at radius 2 is 1.84 bits per heavy atom. The van der Waals surface area contributed by atoms with Gasteiger partial charge in [0.1, 0.15) is 12.3 Å². The second-order valence-electron chi connectivity index (χ2n) is 5.97. The maximum absolute atomic E-state index is 12.5. The minimum absolute atomic E-state index is 0.0790. The summed E-state index contributed by atoms with van der Waals surface area (Å²) in [6.45, 7) is 3.72. The van der Waals surface area contributed by atoms with Crippen molar-refractivity contribution in [3.8, 4) is 5.75 Å². The van der Waals surface area contributed by atoms with E-state index in [2.05, 4.69) is 5.32 Å². The summed E-state index contributed by atoms with van der Waals surface area (Å²) < 4.78 is 6.86. The first-order valence-electron chi connectivity index (χ1n) is 8.04. The van der Waals surface area contributed by atoms with Crippen LogP contribution in [0, 0.1) is 13.8 Å². The molecule has 128 valence electrons. The van der Waals surface area contributed by atoms with E-state index in [1.54, 1.807) is 19.2 Å². The minimum Gasteiger partial charge on any atom is -0.495 e. The first-order chi connectivity index (χ1) is 12.0. The zero-order chi connectivity index (χ0) is 18.0. The maximum atomic E-state index is 12.5. The van der Waals surface area contributed by atoms with E-state index in [4.69, 9.17) is 4.74 Å². The average molecular weight is 336 g/mol. The molecule has 1 amide bonds. The number of pyridine rings is 1. The van der Waals surface area contributed by atoms with Gasteiger partial charge < -0.3 is 10.1 Å². The van der Waals surface area contributed by atoms with Crippen LogP contribution in [0.3, 0.4) is 0 Å². The fraction of sp³-hybridized carbons (Fsp3) is 0.200. The van der Waals surface area contributed by atoms with Crippen LogP contribution < -0.4 is 15.6 Å². The van der Waals surface area contributed by atoms with Crippen molar-refractivity contribution in [1.29, 1.82) is 0 Å². The molecule has 5 nitrogen and oxygen atoms in total. The highest BCUT2D eigenvalue weighted by Gasteiger charge is 2.14. The summed E-state index contributed by atoms with van der Waals surface area (Å²) >= 11 is 0. The molecule has 0 saturated heterocycles. The summed E-state index contributed by atoms with van der Waals surface area (Å²) in [4.78, 5) is 25.0. The topological polar surface area (TPSA) is 60.3 Å². The molecule has 0 fully saturated rings. The number of hydrogen-bond acceptors (Lipinski definition) is 3. The number of hydrogen-bond donors (Lipinski definition) is 1. The van der Waals surface area contributed by atoms with Crippen molar-refractivity contribution in [3.63, 3.8) is 0 Å². The Labute approximate surface area is 145 Å². The smallest absolute Gasteiger partial charge is 0.251 e. The highest BCUT2D eigenvalue weighted by atomic mass is 16.5. The Hall–Kier alpha value is -3.08. The molecule has 2 aromatic carbocycles. The molecule has 0 atom stereocenters. The maximum Gasteiger partial charge on any atom is 0.251 e. The lowest BCUT2D eigenvalue weighted by atomic mass is 10.1. The van der Waals surface area contributed by atoms with E-state index in [0.717, 1.165) is 22.2 Å². The predicted molar refractivity (Wildman–Crippen MR) is 99.3 cm³/mol. The number of para-hydroxylation sites is 2. The Kier molecular flexibility index (Phi) is 4.57. The SMILES string of the molecule is COc1cccc2c(C)cc(=O)n(CC(=O)Nc3ccccc3C)c12. The number of anilines is 1. The number of ether oxygens (including phenoxy) is 1. The zero-order valence-corrected chi connectivity index (χ0v) is 14.5. The van der Waals surface area contributed by atoms with E-state index >= 15 is 0 Å². The van der Waals surface area contributed by atoms with Crippen LogP contribution in [-0.4, -0.2) is 17.6 Å². The summed E-state index contributed by atoms with van der Waals surface area (Å²) in [5, 5.41) is 3.75. The van der Waals surface area contributed by atoms with Crippen molar-refractivity contribution in [1.82, 2.24) is 4.57 Å². The van der Waals surface area contributed by atoms with Crippen LogP contribution in [0.2, 0.25) is 0 Å². The molecule has 0 unspecified atom stereocenters. The number of amides is 1. The van der Waals surface area contributed by atoms with Crippen molar-refractivity contribution < 1.29 is 9.53 Å². The molecule has 0 bridgehead atoms. The summed E-state index contributed by atoms with van der Waals surface area (Å²) in [6.07, 6.45) is 0. The first kappa shape index (κ1) is 16.8. The Morgan fingerprint density at radius 1 is 1.08 bits per heavy atom. The van der Waals surface area contributed by atoms with Crippen LogP contribution in [0.4, 0.5) is 5.69 Å². The van der Waals surface area contributed by atoms with Gasteiger partial charge in [-0.25, -0.2) is 0 Å². The van der Waals surface area contributed by atoms with Crippen molar-refractivity contribution in [2.75, 3.05) is 12.4 Å². The molecule has 3 rings (SSSR count). The van der Waals surface area contributed by atoms with Gasteiger partial charge in [-0.3, -0.25) is 14.2 Å². The molecule has 3 aromatic rings. The highest BCUT2D eigenvalue weighted by molar-refractivity contribution is 5.93. The van der Waals surface area contributed by atoms with Gasteiger partial charge in [0.25, 0.3) is 5.56 Å². The highest BCUT2D eigenvalue weighted by Crippen LogP contribution is 2.26. The number of methoxy groups -OCH3 is 1. The fourth-order valence-electron chi connectivity index (χ4n) is 2.94. The van der Waals surface area contributed by atoms with Gasteiger partial charge in [0, 0.05) is 17.1 Å². The summed E-state index contributed by atoms with van der Waals surface area (Å²) in [7, 11) is 1.55. The van der Waals surface area contributed by atoms with Crippen molar-refractivity contribution >= 4 is 22.5 Å². The van der Waals surface area contributed by atoms with Gasteiger partial charge in [0.15, 0.2) is 0 Å². The van der Waals surface area contributed by atoms with Gasteiger partial charge in [0.2, 0.25) is 5.91 Å². The minimum atomic E-state index is -0.257. The summed E-state index contributed by atoms with van der Waals surface area (Å²) in [5.41, 5.74) is 2.97. The standard InChI is InChI=1S/C20H20N2O3/c1-13-7-4-5-9-16(13)21-18(23)12-22-19(24)11-14(2)15-8-6-10-17(25-3)20(15)22/h4-11H,12H2,1-3H3,(H,21,23). The van der Waals surface area contributed by atoms with Crippen molar-refractivity contribution in [3.05, 3.63) is 70.0 Å². The molecule has 0 radical (unpaired) electrons. The number of nitrogens with zero attached hydrogens (tertiary/aromatic N) is 1. The van der Waals surface area contributed by atoms with Crippen LogP contribution in [0.1, 0.15) is 11.1 Å². The molecular formula is C20H20N2O3. The van der Waals surface area contributed by atoms with E-state index in [1.165, 1.54) is 4.57 Å². The summed E-state index contributed by atoms with van der Waals surface area (Å²) in [5.74, 6) is 0.314. The second-order valence-corrected chi connectivity index (χ2v) is 5.97. The van der Waals surface area contributed by atoms with Gasteiger partial charge in [-0.15, -0.1) is 0 Å². The van der Waals surface area contributed by atoms with Crippen molar-refractivity contribution in [2.24, 2.45) is 0 Å². The van der Waals surface area contributed by atoms with Crippen LogP contribution >= 0.6 is 0 Å². The molecule has 0 aliphatic heterocycles. The number of fused-ring (bicyclic) bond motifs is 1. The number of nitrogens with one attached hydrogen (secondary N) is 1. The van der Waals surface area contributed by atoms with Gasteiger partial charge in [-0.2, -0.15) is 0 Å². The molecule has 0 saturated carbocycles. The molecule has 0 aliphatic rings. The lowest BCUT2D eigenvalue weighted by molar-refractivity contribution is -0.116. The predicted octanol–water partition coefficient (Wildman–Crippen LogP) is 3.27. The fourth-order valence-corrected chi connectivity index (χ4v) is 2.94. The molecule has 25 heavy (non-hydrogen) atoms. The lowest BCUT2D eigenvalue weighted by Crippen LogP contribution is -2.28. The monoisotopic (exact) mass is 336 g/mol. The molecule has 0 spiro atoms. The Morgan fingerprint density at radius 3 is 2.56 bits per heavy atom. The first-order valence-corrected chi connectivity index (χ1v) is 8.04. The van der Waals surface area contributed by atoms with E-state index in [0.29, 0.717) is 11.3 Å². The van der Waals surface area contributed by atoms with E-state index in [-0.39, 0.29) is 18.0 Å². The van der Waals surface area contributed by atoms with Crippen LogP contribution in [0.15, 0.2) is 53.3 Å². The third kappa shape index (κ3) is 3.26. The normalized spacial score (nSPS) is 10.7. The molecule has 1 heterocycles. The van der Waals surface area contributed by atoms with Crippen molar-refractivity contribution in [2.45, 2.75) is 20.4 Å². The number of aryl methyl sites for hydroxylation is 2. The number of rotatable bonds is 4. The Balaban J connectivity index is 2.03. The number of carbonyl (C=O) groups excluding carboxylic acids is 1. The third-order valence-corrected chi connectivity index (χ3v) is 4.24. The van der Waals surface area contributed by atoms with Gasteiger partial charge in [-0.05, 0) is 37.1 Å². The third-order valence-electron chi connectivity index (χ3n) is 4.24. The second kappa shape index (κ2) is 6.81.